The van der Waals surface area contributed by atoms with E-state index in [2.05, 4.69) is 0 Å². The maximum Gasteiger partial charge on any atom is 0 e. The van der Waals surface area contributed by atoms with E-state index in [9.17, 15) is 0 Å². The first-order valence-electron chi connectivity index (χ1n) is 0.367. The Morgan fingerprint density at radius 2 is 1.20 bits per heavy atom. The topological polar surface area (TPSA) is 117 Å². The predicted molar refractivity (Wildman–Crippen MR) is 17.3 cm³/mol. The minimum atomic E-state index is 0. The minimum absolute atomic E-state index is 0. The lowest BCUT2D eigenvalue weighted by molar-refractivity contribution is 1.15. The van der Waals surface area contributed by atoms with Gasteiger partial charge in [0.05, 0.1) is 0 Å². The van der Waals surface area contributed by atoms with Crippen molar-refractivity contribution in [3.63, 3.8) is 0 Å². The van der Waals surface area contributed by atoms with E-state index >= 15 is 0 Å². The molecule has 3 N–H and O–H groups in total. The summed E-state index contributed by atoms with van der Waals surface area (Å²) in [6.45, 7) is 0. The Labute approximate surface area is 29.7 Å². The first kappa shape index (κ1) is 36.8. The zero-order valence-electron chi connectivity index (χ0n) is 2.42. The van der Waals surface area contributed by atoms with E-state index in [4.69, 9.17) is 20.7 Å². The Kier molecular flexibility index (Phi) is 82.6. The fourth-order valence-corrected chi connectivity index (χ4v) is 0. The lowest BCUT2D eigenvalue weighted by Crippen LogP contribution is -0.674. The quantitative estimate of drug-likeness (QED) is 0.424. The van der Waals surface area contributed by atoms with Gasteiger partial charge in [0, 0.05) is 22.1 Å². The zero-order chi connectivity index (χ0) is 4.00. The molecule has 0 atom stereocenters. The van der Waals surface area contributed by atoms with Crippen molar-refractivity contribution < 1.29 is 1.43 Å². The zero-order valence-corrected chi connectivity index (χ0v) is 2.42. The summed E-state index contributed by atoms with van der Waals surface area (Å²) in [5.41, 5.74) is 0. The molecule has 0 aromatic rings. The van der Waals surface area contributed by atoms with Gasteiger partial charge in [-0.1, -0.05) is 0 Å². The van der Waals surface area contributed by atoms with E-state index in [0.29, 0.717) is 0 Å². The average molecular weight is 79.1 g/mol. The van der Waals surface area contributed by atoms with Crippen molar-refractivity contribution in [2.24, 2.45) is 0 Å². The molecule has 0 amide bonds. The SMILES string of the molecule is N.N#N.O=O.[HH]. The van der Waals surface area contributed by atoms with Crippen LogP contribution in [0.25, 0.3) is 0 Å². The molecular weight excluding hydrogens is 74.0 g/mol. The molecule has 0 aliphatic carbocycles. The van der Waals surface area contributed by atoms with Crippen LogP contribution in [-0.2, 0) is 0 Å². The van der Waals surface area contributed by atoms with Gasteiger partial charge >= 0.3 is 0 Å². The van der Waals surface area contributed by atoms with Crippen LogP contribution >= 0.6 is 0 Å². The molecular formula is H5N3O2. The maximum atomic E-state index is 7.00. The molecule has 0 aliphatic rings. The number of hydrogen-bond donors (Lipinski definition) is 1. The van der Waals surface area contributed by atoms with Crippen LogP contribution in [0.1, 0.15) is 1.43 Å². The molecule has 5 heavy (non-hydrogen) atoms. The van der Waals surface area contributed by atoms with Gasteiger partial charge in [-0.25, -0.2) is 0 Å². The molecule has 0 unspecified atom stereocenters. The average Bonchev–Trinajstić information content (AvgIpc) is 1.50. The van der Waals surface area contributed by atoms with Crippen molar-refractivity contribution in [1.29, 1.82) is 10.8 Å². The van der Waals surface area contributed by atoms with Gasteiger partial charge < -0.3 is 6.15 Å². The van der Waals surface area contributed by atoms with Crippen molar-refractivity contribution >= 4 is 0 Å². The van der Waals surface area contributed by atoms with Gasteiger partial charge in [-0.2, -0.15) is 0 Å². The lowest BCUT2D eigenvalue weighted by Gasteiger charge is -0.707. The van der Waals surface area contributed by atoms with Gasteiger partial charge in [-0.3, -0.25) is 0 Å². The maximum absolute atomic E-state index is 7.00. The van der Waals surface area contributed by atoms with Gasteiger partial charge in [-0.15, -0.1) is 0 Å². The molecule has 0 saturated carbocycles. The van der Waals surface area contributed by atoms with Crippen LogP contribution in [0.15, 0.2) is 0 Å². The normalized spacial score (nSPS) is 1.20. The van der Waals surface area contributed by atoms with Gasteiger partial charge in [-0.05, 0) is 0 Å². The Bertz CT molecular complexity index is 20.0. The second-order valence-corrected chi connectivity index (χ2v) is 0. The predicted octanol–water partition coefficient (Wildman–Crippen LogP) is 0.505. The monoisotopic (exact) mass is 79.0 g/mol. The van der Waals surface area contributed by atoms with E-state index in [1.54, 1.807) is 0 Å². The molecule has 0 heterocycles. The van der Waals surface area contributed by atoms with Crippen LogP contribution in [-0.4, -0.2) is 0 Å². The summed E-state index contributed by atoms with van der Waals surface area (Å²) in [6.07, 6.45) is 0. The molecule has 0 aromatic heterocycles. The molecule has 0 radical (unpaired) electrons. The largest absolute Gasteiger partial charge is 0.344 e. The molecule has 5 heteroatoms. The van der Waals surface area contributed by atoms with Crippen LogP contribution < -0.4 is 6.15 Å². The van der Waals surface area contributed by atoms with E-state index in [1.807, 2.05) is 0 Å². The molecule has 32 valence electrons. The highest BCUT2D eigenvalue weighted by molar-refractivity contribution is 4.07. The molecule has 0 spiro atoms. The summed E-state index contributed by atoms with van der Waals surface area (Å²) in [5.74, 6) is 0. The highest BCUT2D eigenvalue weighted by Gasteiger charge is 0.707. The third kappa shape index (κ3) is 2.75. The molecule has 0 aromatic carbocycles. The van der Waals surface area contributed by atoms with Gasteiger partial charge in [0.25, 0.3) is 0 Å². The van der Waals surface area contributed by atoms with Crippen LogP contribution in [0.3, 0.4) is 0 Å². The van der Waals surface area contributed by atoms with E-state index in [-0.39, 0.29) is 7.58 Å². The highest BCUT2D eigenvalue weighted by Crippen LogP contribution is 0.741. The van der Waals surface area contributed by atoms with Crippen LogP contribution in [0.4, 0.5) is 0 Å². The Hall–Kier alpha value is -1.02. The summed E-state index contributed by atoms with van der Waals surface area (Å²) in [6, 6.07) is 0. The second kappa shape index (κ2) is 11.2. The van der Waals surface area contributed by atoms with E-state index in [1.165, 1.54) is 0 Å². The standard InChI is InChI=1S/N2.H3N.O2.H2/c1-2;;1-2;/h;1H3;;1H. The van der Waals surface area contributed by atoms with Crippen molar-refractivity contribution in [3.05, 3.63) is 9.93 Å². The summed E-state index contributed by atoms with van der Waals surface area (Å²) >= 11 is 0. The van der Waals surface area contributed by atoms with E-state index < -0.39 is 0 Å². The minimum Gasteiger partial charge on any atom is -0.344 e. The van der Waals surface area contributed by atoms with Gasteiger partial charge in [0.15, 0.2) is 0 Å². The van der Waals surface area contributed by atoms with Crippen LogP contribution in [0, 0.1) is 20.7 Å². The first-order chi connectivity index (χ1) is 2.00. The molecule has 0 saturated heterocycles. The summed E-state index contributed by atoms with van der Waals surface area (Å²) < 4.78 is 0. The van der Waals surface area contributed by atoms with Crippen molar-refractivity contribution in [2.75, 3.05) is 0 Å². The van der Waals surface area contributed by atoms with Crippen LogP contribution in [0.2, 0.25) is 0 Å². The Morgan fingerprint density at radius 3 is 1.20 bits per heavy atom. The van der Waals surface area contributed by atoms with Crippen LogP contribution in [0.5, 0.6) is 0 Å². The lowest BCUT2D eigenvalue weighted by atomic mass is 13.4. The molecule has 0 aliphatic heterocycles. The van der Waals surface area contributed by atoms with Gasteiger partial charge in [0.1, 0.15) is 0 Å². The van der Waals surface area contributed by atoms with Gasteiger partial charge in [0.2, 0.25) is 0 Å². The Morgan fingerprint density at radius 1 is 1.20 bits per heavy atom. The number of nitrogens with zero attached hydrogens (tertiary/aromatic N) is 2. The fraction of sp³-hybridized carbons (Fsp3) is 0. The second-order valence-electron chi connectivity index (χ2n) is 0. The summed E-state index contributed by atoms with van der Waals surface area (Å²) in [7, 11) is 0. The molecule has 5 nitrogen and oxygen atoms in total. The summed E-state index contributed by atoms with van der Waals surface area (Å²) in [5, 5.41) is 12.0. The Balaban J connectivity index is -0.00000000500. The fourth-order valence-electron chi connectivity index (χ4n) is 0. The third-order valence-corrected chi connectivity index (χ3v) is 0. The highest BCUT2D eigenvalue weighted by atomic mass is 16.7. The molecule has 0 bridgehead atoms. The third-order valence-electron chi connectivity index (χ3n) is 0. The van der Waals surface area contributed by atoms with Crippen molar-refractivity contribution in [3.8, 4) is 0 Å². The smallest absolute Gasteiger partial charge is 0 e. The van der Waals surface area contributed by atoms with Crippen molar-refractivity contribution in [2.45, 2.75) is 0 Å². The van der Waals surface area contributed by atoms with E-state index in [0.717, 1.165) is 0 Å². The number of hydrogen-bond acceptors (Lipinski definition) is 5. The molecule has 0 rings (SSSR count). The summed E-state index contributed by atoms with van der Waals surface area (Å²) in [4.78, 5) is 14.0. The first-order valence-corrected chi connectivity index (χ1v) is 0.367. The van der Waals surface area contributed by atoms with Crippen molar-refractivity contribution in [1.82, 2.24) is 6.15 Å². The molecule has 0 fully saturated rings. The number of rotatable bonds is 0.